The Hall–Kier alpha value is -0.0800. The minimum Gasteiger partial charge on any atom is -0.314 e. The molecular weight excluding hydrogens is 232 g/mol. The van der Waals surface area contributed by atoms with Crippen molar-refractivity contribution in [3.8, 4) is 0 Å². The van der Waals surface area contributed by atoms with Crippen LogP contribution in [-0.2, 0) is 0 Å². The molecule has 0 spiro atoms. The Morgan fingerprint density at radius 3 is 2.32 bits per heavy atom. The zero-order chi connectivity index (χ0) is 13.5. The Morgan fingerprint density at radius 1 is 1.00 bits per heavy atom. The number of likely N-dealkylation sites (tertiary alicyclic amines) is 1. The quantitative estimate of drug-likeness (QED) is 0.789. The molecule has 1 saturated heterocycles. The van der Waals surface area contributed by atoms with Crippen molar-refractivity contribution in [3.05, 3.63) is 0 Å². The fourth-order valence-corrected chi connectivity index (χ4v) is 3.80. The average molecular weight is 266 g/mol. The van der Waals surface area contributed by atoms with Crippen LogP contribution >= 0.6 is 0 Å². The second-order valence-electron chi connectivity index (χ2n) is 7.22. The van der Waals surface area contributed by atoms with E-state index >= 15 is 0 Å². The number of hydrogen-bond acceptors (Lipinski definition) is 2. The molecular formula is C17H34N2. The van der Waals surface area contributed by atoms with E-state index in [1.54, 1.807) is 0 Å². The van der Waals surface area contributed by atoms with Gasteiger partial charge in [0, 0.05) is 12.6 Å². The largest absolute Gasteiger partial charge is 0.314 e. The first kappa shape index (κ1) is 15.3. The van der Waals surface area contributed by atoms with Crippen LogP contribution in [0.4, 0.5) is 0 Å². The van der Waals surface area contributed by atoms with E-state index in [0.29, 0.717) is 0 Å². The third-order valence-electron chi connectivity index (χ3n) is 4.92. The second-order valence-corrected chi connectivity index (χ2v) is 7.22. The molecule has 2 fully saturated rings. The highest BCUT2D eigenvalue weighted by molar-refractivity contribution is 4.78. The summed E-state index contributed by atoms with van der Waals surface area (Å²) in [6.07, 6.45) is 11.6. The molecule has 1 aliphatic carbocycles. The Morgan fingerprint density at radius 2 is 1.68 bits per heavy atom. The monoisotopic (exact) mass is 266 g/mol. The van der Waals surface area contributed by atoms with Crippen molar-refractivity contribution in [2.45, 2.75) is 71.3 Å². The Labute approximate surface area is 120 Å². The lowest BCUT2D eigenvalue weighted by Crippen LogP contribution is -2.44. The molecule has 1 aliphatic heterocycles. The first-order valence-electron chi connectivity index (χ1n) is 8.70. The van der Waals surface area contributed by atoms with Gasteiger partial charge in [0.05, 0.1) is 0 Å². The van der Waals surface area contributed by atoms with Crippen molar-refractivity contribution >= 4 is 0 Å². The maximum Gasteiger partial charge on any atom is 0.00914 e. The summed E-state index contributed by atoms with van der Waals surface area (Å²) in [6, 6.07) is 0.798. The molecule has 1 saturated carbocycles. The zero-order valence-electron chi connectivity index (χ0n) is 13.2. The molecule has 0 atom stereocenters. The molecule has 0 radical (unpaired) electrons. The van der Waals surface area contributed by atoms with Gasteiger partial charge in [0.25, 0.3) is 0 Å². The molecule has 0 amide bonds. The predicted molar refractivity (Wildman–Crippen MR) is 83.5 cm³/mol. The third kappa shape index (κ3) is 5.83. The van der Waals surface area contributed by atoms with E-state index in [1.807, 2.05) is 0 Å². The van der Waals surface area contributed by atoms with Gasteiger partial charge in [-0.15, -0.1) is 0 Å². The van der Waals surface area contributed by atoms with E-state index in [4.69, 9.17) is 0 Å². The van der Waals surface area contributed by atoms with Gasteiger partial charge in [0.2, 0.25) is 0 Å². The first-order valence-corrected chi connectivity index (χ1v) is 8.70. The SMILES string of the molecule is CC(C)CN1CCC(NCCC2CCCCC2)CC1. The van der Waals surface area contributed by atoms with Gasteiger partial charge in [-0.25, -0.2) is 0 Å². The first-order chi connectivity index (χ1) is 9.24. The standard InChI is InChI=1S/C17H34N2/c1-15(2)14-19-12-9-17(10-13-19)18-11-8-16-6-4-3-5-7-16/h15-18H,3-14H2,1-2H3. The maximum absolute atomic E-state index is 3.82. The summed E-state index contributed by atoms with van der Waals surface area (Å²) in [5.41, 5.74) is 0. The summed E-state index contributed by atoms with van der Waals surface area (Å²) < 4.78 is 0. The fourth-order valence-electron chi connectivity index (χ4n) is 3.80. The van der Waals surface area contributed by atoms with Crippen LogP contribution in [0.25, 0.3) is 0 Å². The molecule has 1 heterocycles. The van der Waals surface area contributed by atoms with Crippen molar-refractivity contribution < 1.29 is 0 Å². The van der Waals surface area contributed by atoms with Crippen molar-refractivity contribution in [1.29, 1.82) is 0 Å². The summed E-state index contributed by atoms with van der Waals surface area (Å²) in [6.45, 7) is 9.82. The number of nitrogens with one attached hydrogen (secondary N) is 1. The van der Waals surface area contributed by atoms with E-state index in [1.165, 1.54) is 77.5 Å². The van der Waals surface area contributed by atoms with Crippen molar-refractivity contribution in [3.63, 3.8) is 0 Å². The fraction of sp³-hybridized carbons (Fsp3) is 1.00. The number of nitrogens with zero attached hydrogens (tertiary/aromatic N) is 1. The van der Waals surface area contributed by atoms with Crippen LogP contribution in [0.1, 0.15) is 65.2 Å². The summed E-state index contributed by atoms with van der Waals surface area (Å²) >= 11 is 0. The average Bonchev–Trinajstić information content (AvgIpc) is 2.41. The van der Waals surface area contributed by atoms with E-state index in [2.05, 4.69) is 24.1 Å². The lowest BCUT2D eigenvalue weighted by molar-refractivity contribution is 0.178. The van der Waals surface area contributed by atoms with Crippen LogP contribution < -0.4 is 5.32 Å². The van der Waals surface area contributed by atoms with Crippen LogP contribution in [0.5, 0.6) is 0 Å². The Balaban J connectivity index is 1.53. The summed E-state index contributed by atoms with van der Waals surface area (Å²) in [5, 5.41) is 3.82. The zero-order valence-corrected chi connectivity index (χ0v) is 13.2. The van der Waals surface area contributed by atoms with E-state index < -0.39 is 0 Å². The normalized spacial score (nSPS) is 24.2. The molecule has 0 bridgehead atoms. The highest BCUT2D eigenvalue weighted by Crippen LogP contribution is 2.25. The minimum atomic E-state index is 0.798. The molecule has 2 heteroatoms. The van der Waals surface area contributed by atoms with Crippen LogP contribution in [0.3, 0.4) is 0 Å². The molecule has 2 aliphatic rings. The van der Waals surface area contributed by atoms with Gasteiger partial charge in [-0.2, -0.15) is 0 Å². The topological polar surface area (TPSA) is 15.3 Å². The van der Waals surface area contributed by atoms with Crippen LogP contribution in [-0.4, -0.2) is 37.1 Å². The van der Waals surface area contributed by atoms with Crippen LogP contribution in [0, 0.1) is 11.8 Å². The Bertz CT molecular complexity index is 225. The highest BCUT2D eigenvalue weighted by atomic mass is 15.1. The van der Waals surface area contributed by atoms with Gasteiger partial charge >= 0.3 is 0 Å². The van der Waals surface area contributed by atoms with E-state index in [-0.39, 0.29) is 0 Å². The lowest BCUT2D eigenvalue weighted by atomic mass is 9.87. The van der Waals surface area contributed by atoms with Crippen molar-refractivity contribution in [1.82, 2.24) is 10.2 Å². The van der Waals surface area contributed by atoms with Gasteiger partial charge < -0.3 is 10.2 Å². The van der Waals surface area contributed by atoms with Gasteiger partial charge in [-0.05, 0) is 50.7 Å². The molecule has 112 valence electrons. The van der Waals surface area contributed by atoms with Crippen LogP contribution in [0.15, 0.2) is 0 Å². The number of hydrogen-bond donors (Lipinski definition) is 1. The second kappa shape index (κ2) is 8.26. The summed E-state index contributed by atoms with van der Waals surface area (Å²) in [7, 11) is 0. The molecule has 0 aromatic heterocycles. The van der Waals surface area contributed by atoms with Gasteiger partial charge in [-0.1, -0.05) is 46.0 Å². The molecule has 2 rings (SSSR count). The predicted octanol–water partition coefficient (Wildman–Crippen LogP) is 3.67. The van der Waals surface area contributed by atoms with Crippen molar-refractivity contribution in [2.24, 2.45) is 11.8 Å². The van der Waals surface area contributed by atoms with Crippen molar-refractivity contribution in [2.75, 3.05) is 26.2 Å². The molecule has 0 aromatic rings. The molecule has 0 aromatic carbocycles. The smallest absolute Gasteiger partial charge is 0.00914 e. The highest BCUT2D eigenvalue weighted by Gasteiger charge is 2.19. The maximum atomic E-state index is 3.82. The molecule has 19 heavy (non-hydrogen) atoms. The molecule has 0 unspecified atom stereocenters. The molecule has 1 N–H and O–H groups in total. The van der Waals surface area contributed by atoms with Gasteiger partial charge in [0.1, 0.15) is 0 Å². The van der Waals surface area contributed by atoms with Gasteiger partial charge in [-0.3, -0.25) is 0 Å². The third-order valence-corrected chi connectivity index (χ3v) is 4.92. The van der Waals surface area contributed by atoms with Gasteiger partial charge in [0.15, 0.2) is 0 Å². The lowest BCUT2D eigenvalue weighted by Gasteiger charge is -2.33. The number of rotatable bonds is 6. The molecule has 2 nitrogen and oxygen atoms in total. The van der Waals surface area contributed by atoms with E-state index in [0.717, 1.165) is 17.9 Å². The summed E-state index contributed by atoms with van der Waals surface area (Å²) in [5.74, 6) is 1.85. The number of piperidine rings is 1. The minimum absolute atomic E-state index is 0.798. The van der Waals surface area contributed by atoms with Crippen LogP contribution in [0.2, 0.25) is 0 Å². The van der Waals surface area contributed by atoms with E-state index in [9.17, 15) is 0 Å². The summed E-state index contributed by atoms with van der Waals surface area (Å²) in [4.78, 5) is 2.64. The Kier molecular flexibility index (Phi) is 6.66.